The standard InChI is InChI=1S/C13H13Cl2N3O/c1-8-3-12(16-2)18-13(17-8)7-19-11-5-9(14)4-10(15)6-11/h3-6H,7H2,1-2H3,(H,16,17,18). The molecule has 4 nitrogen and oxygen atoms in total. The van der Waals surface area contributed by atoms with Crippen LogP contribution in [0.3, 0.4) is 0 Å². The Labute approximate surface area is 121 Å². The van der Waals surface area contributed by atoms with Crippen LogP contribution in [-0.4, -0.2) is 17.0 Å². The van der Waals surface area contributed by atoms with Crippen molar-refractivity contribution in [3.63, 3.8) is 0 Å². The molecule has 1 aromatic carbocycles. The van der Waals surface area contributed by atoms with E-state index >= 15 is 0 Å². The maximum absolute atomic E-state index is 5.90. The van der Waals surface area contributed by atoms with Crippen LogP contribution in [-0.2, 0) is 6.61 Å². The fraction of sp³-hybridized carbons (Fsp3) is 0.231. The molecule has 0 unspecified atom stereocenters. The van der Waals surface area contributed by atoms with Crippen molar-refractivity contribution in [2.75, 3.05) is 12.4 Å². The first-order valence-corrected chi connectivity index (χ1v) is 6.43. The number of hydrogen-bond acceptors (Lipinski definition) is 4. The van der Waals surface area contributed by atoms with Gasteiger partial charge < -0.3 is 10.1 Å². The first-order chi connectivity index (χ1) is 9.06. The van der Waals surface area contributed by atoms with Crippen molar-refractivity contribution < 1.29 is 4.74 Å². The molecule has 0 fully saturated rings. The van der Waals surface area contributed by atoms with E-state index in [-0.39, 0.29) is 6.61 Å². The second kappa shape index (κ2) is 6.08. The van der Waals surface area contributed by atoms with Gasteiger partial charge >= 0.3 is 0 Å². The lowest BCUT2D eigenvalue weighted by Crippen LogP contribution is -2.05. The summed E-state index contributed by atoms with van der Waals surface area (Å²) in [5.74, 6) is 1.95. The molecule has 2 aromatic rings. The van der Waals surface area contributed by atoms with Crippen molar-refractivity contribution in [2.24, 2.45) is 0 Å². The number of nitrogens with zero attached hydrogens (tertiary/aromatic N) is 2. The van der Waals surface area contributed by atoms with Crippen LogP contribution < -0.4 is 10.1 Å². The number of hydrogen-bond donors (Lipinski definition) is 1. The molecular weight excluding hydrogens is 285 g/mol. The highest BCUT2D eigenvalue weighted by atomic mass is 35.5. The van der Waals surface area contributed by atoms with Crippen LogP contribution in [0.2, 0.25) is 10.0 Å². The number of rotatable bonds is 4. The molecule has 0 bridgehead atoms. The van der Waals surface area contributed by atoms with Gasteiger partial charge in [-0.15, -0.1) is 0 Å². The molecular formula is C13H13Cl2N3O. The lowest BCUT2D eigenvalue weighted by Gasteiger charge is -2.08. The second-order valence-corrected chi connectivity index (χ2v) is 4.83. The van der Waals surface area contributed by atoms with Gasteiger partial charge in [0.15, 0.2) is 5.82 Å². The Balaban J connectivity index is 2.11. The zero-order valence-electron chi connectivity index (χ0n) is 10.6. The molecule has 0 aliphatic rings. The predicted octanol–water partition coefficient (Wildman–Crippen LogP) is 3.71. The molecule has 6 heteroatoms. The lowest BCUT2D eigenvalue weighted by atomic mass is 10.3. The van der Waals surface area contributed by atoms with E-state index in [1.165, 1.54) is 0 Å². The molecule has 1 heterocycles. The molecule has 0 saturated heterocycles. The van der Waals surface area contributed by atoms with Gasteiger partial charge in [-0.3, -0.25) is 0 Å². The van der Waals surface area contributed by atoms with Crippen LogP contribution >= 0.6 is 23.2 Å². The van der Waals surface area contributed by atoms with Gasteiger partial charge in [-0.05, 0) is 25.1 Å². The minimum atomic E-state index is 0.257. The Morgan fingerprint density at radius 2 is 1.79 bits per heavy atom. The van der Waals surface area contributed by atoms with E-state index in [0.717, 1.165) is 11.5 Å². The van der Waals surface area contributed by atoms with Gasteiger partial charge in [0.2, 0.25) is 0 Å². The Morgan fingerprint density at radius 1 is 1.11 bits per heavy atom. The van der Waals surface area contributed by atoms with Crippen LogP contribution in [0.1, 0.15) is 11.5 Å². The van der Waals surface area contributed by atoms with Gasteiger partial charge in [0.1, 0.15) is 18.2 Å². The SMILES string of the molecule is CNc1cc(C)nc(COc2cc(Cl)cc(Cl)c2)n1. The van der Waals surface area contributed by atoms with Gasteiger partial charge in [-0.1, -0.05) is 23.2 Å². The minimum absolute atomic E-state index is 0.257. The van der Waals surface area contributed by atoms with Gasteiger partial charge in [-0.2, -0.15) is 0 Å². The van der Waals surface area contributed by atoms with E-state index in [4.69, 9.17) is 27.9 Å². The van der Waals surface area contributed by atoms with E-state index in [1.54, 1.807) is 18.2 Å². The number of halogens is 2. The van der Waals surface area contributed by atoms with Gasteiger partial charge in [0.05, 0.1) is 0 Å². The van der Waals surface area contributed by atoms with E-state index in [0.29, 0.717) is 21.6 Å². The molecule has 1 N–H and O–H groups in total. The van der Waals surface area contributed by atoms with E-state index in [1.807, 2.05) is 20.0 Å². The Bertz CT molecular complexity index is 570. The van der Waals surface area contributed by atoms with E-state index < -0.39 is 0 Å². The van der Waals surface area contributed by atoms with Crippen molar-refractivity contribution in [2.45, 2.75) is 13.5 Å². The van der Waals surface area contributed by atoms with Gasteiger partial charge in [0, 0.05) is 28.9 Å². The van der Waals surface area contributed by atoms with Crippen molar-refractivity contribution in [1.29, 1.82) is 0 Å². The number of anilines is 1. The molecule has 0 aliphatic heterocycles. The summed E-state index contributed by atoms with van der Waals surface area (Å²) in [5, 5.41) is 4.04. The smallest absolute Gasteiger partial charge is 0.168 e. The minimum Gasteiger partial charge on any atom is -0.486 e. The highest BCUT2D eigenvalue weighted by molar-refractivity contribution is 6.34. The largest absolute Gasteiger partial charge is 0.486 e. The van der Waals surface area contributed by atoms with Gasteiger partial charge in [0.25, 0.3) is 0 Å². The molecule has 0 saturated carbocycles. The Morgan fingerprint density at radius 3 is 2.42 bits per heavy atom. The van der Waals surface area contributed by atoms with E-state index in [9.17, 15) is 0 Å². The molecule has 100 valence electrons. The van der Waals surface area contributed by atoms with Crippen molar-refractivity contribution in [3.05, 3.63) is 45.8 Å². The molecule has 0 aliphatic carbocycles. The maximum atomic E-state index is 5.90. The molecule has 19 heavy (non-hydrogen) atoms. The number of nitrogens with one attached hydrogen (secondary N) is 1. The average Bonchev–Trinajstić information content (AvgIpc) is 2.34. The predicted molar refractivity (Wildman–Crippen MR) is 77.1 cm³/mol. The summed E-state index contributed by atoms with van der Waals surface area (Å²) >= 11 is 11.8. The number of benzene rings is 1. The summed E-state index contributed by atoms with van der Waals surface area (Å²) in [6.45, 7) is 2.16. The summed E-state index contributed by atoms with van der Waals surface area (Å²) < 4.78 is 5.59. The highest BCUT2D eigenvalue weighted by Crippen LogP contribution is 2.24. The highest BCUT2D eigenvalue weighted by Gasteiger charge is 2.04. The van der Waals surface area contributed by atoms with Crippen LogP contribution in [0.15, 0.2) is 24.3 Å². The Hall–Kier alpha value is -1.52. The summed E-state index contributed by atoms with van der Waals surface area (Å²) in [4.78, 5) is 8.60. The average molecular weight is 298 g/mol. The lowest BCUT2D eigenvalue weighted by molar-refractivity contribution is 0.296. The van der Waals surface area contributed by atoms with Crippen LogP contribution in [0, 0.1) is 6.92 Å². The van der Waals surface area contributed by atoms with Gasteiger partial charge in [-0.25, -0.2) is 9.97 Å². The molecule has 0 atom stereocenters. The van der Waals surface area contributed by atoms with Crippen molar-refractivity contribution >= 4 is 29.0 Å². The molecule has 0 spiro atoms. The quantitative estimate of drug-likeness (QED) is 0.934. The number of ether oxygens (including phenoxy) is 1. The monoisotopic (exact) mass is 297 g/mol. The molecule has 0 amide bonds. The summed E-state index contributed by atoms with van der Waals surface area (Å²) in [6.07, 6.45) is 0. The first kappa shape index (κ1) is 13.9. The van der Waals surface area contributed by atoms with Crippen molar-refractivity contribution in [1.82, 2.24) is 9.97 Å². The summed E-state index contributed by atoms with van der Waals surface area (Å²) in [7, 11) is 1.81. The third-order valence-electron chi connectivity index (χ3n) is 2.36. The molecule has 2 rings (SSSR count). The summed E-state index contributed by atoms with van der Waals surface area (Å²) in [6, 6.07) is 6.91. The topological polar surface area (TPSA) is 47.0 Å². The molecule has 0 radical (unpaired) electrons. The van der Waals surface area contributed by atoms with E-state index in [2.05, 4.69) is 15.3 Å². The fourth-order valence-corrected chi connectivity index (χ4v) is 2.09. The van der Waals surface area contributed by atoms with Crippen LogP contribution in [0.25, 0.3) is 0 Å². The molecule has 1 aromatic heterocycles. The van der Waals surface area contributed by atoms with Crippen LogP contribution in [0.4, 0.5) is 5.82 Å². The first-order valence-electron chi connectivity index (χ1n) is 5.68. The third-order valence-corrected chi connectivity index (χ3v) is 2.80. The normalized spacial score (nSPS) is 10.3. The fourth-order valence-electron chi connectivity index (χ4n) is 1.58. The number of aryl methyl sites for hydroxylation is 1. The second-order valence-electron chi connectivity index (χ2n) is 3.95. The number of aromatic nitrogens is 2. The van der Waals surface area contributed by atoms with Crippen LogP contribution in [0.5, 0.6) is 5.75 Å². The zero-order chi connectivity index (χ0) is 13.8. The Kier molecular flexibility index (Phi) is 4.45. The maximum Gasteiger partial charge on any atom is 0.168 e. The zero-order valence-corrected chi connectivity index (χ0v) is 12.1. The van der Waals surface area contributed by atoms with Crippen molar-refractivity contribution in [3.8, 4) is 5.75 Å². The third kappa shape index (κ3) is 3.98. The summed E-state index contributed by atoms with van der Waals surface area (Å²) in [5.41, 5.74) is 0.877.